The van der Waals surface area contributed by atoms with Crippen molar-refractivity contribution in [1.29, 1.82) is 0 Å². The number of nitrogens with zero attached hydrogens (tertiary/aromatic N) is 1. The van der Waals surface area contributed by atoms with Crippen LogP contribution in [0.25, 0.3) is 0 Å². The third-order valence-corrected chi connectivity index (χ3v) is 5.60. The molecule has 0 aromatic carbocycles. The van der Waals surface area contributed by atoms with Crippen molar-refractivity contribution >= 4 is 35.5 Å². The Morgan fingerprint density at radius 3 is 2.29 bits per heavy atom. The van der Waals surface area contributed by atoms with Gasteiger partial charge in [0.1, 0.15) is 24.7 Å². The van der Waals surface area contributed by atoms with Crippen LogP contribution in [-0.4, -0.2) is 94.5 Å². The van der Waals surface area contributed by atoms with Crippen molar-refractivity contribution in [2.24, 2.45) is 17.4 Å². The summed E-state index contributed by atoms with van der Waals surface area (Å²) in [7, 11) is 0. The number of carboxylic acid groups (broad SMARTS) is 1. The molecule has 0 radical (unpaired) electrons. The standard InChI is InChI=1S/C20H34N6O8/c1-3-10(2)16(19(33)24-12(9-27)17(31)23-8-15(29)30)25-18(32)13-5-4-6-26(13)20(34)11(21)7-14(22)28/h10-13,16,27H,3-9,21H2,1-2H3,(H2,22,28)(H,23,31)(H,24,33)(H,25,32)(H,29,30)/t10-,11-,12-,13-,16-/m0/s1. The van der Waals surface area contributed by atoms with Gasteiger partial charge in [0.15, 0.2) is 0 Å². The minimum atomic E-state index is -1.42. The summed E-state index contributed by atoms with van der Waals surface area (Å²) < 4.78 is 0. The molecule has 0 unspecified atom stereocenters. The molecule has 1 aliphatic heterocycles. The molecule has 0 aromatic rings. The topological polar surface area (TPSA) is 234 Å². The number of primary amides is 1. The fraction of sp³-hybridized carbons (Fsp3) is 0.700. The lowest BCUT2D eigenvalue weighted by molar-refractivity contribution is -0.141. The van der Waals surface area contributed by atoms with Gasteiger partial charge >= 0.3 is 5.97 Å². The van der Waals surface area contributed by atoms with Crippen LogP contribution in [0.5, 0.6) is 0 Å². The van der Waals surface area contributed by atoms with Crippen molar-refractivity contribution in [1.82, 2.24) is 20.9 Å². The van der Waals surface area contributed by atoms with Crippen molar-refractivity contribution in [3.05, 3.63) is 0 Å². The number of carbonyl (C=O) groups excluding carboxylic acids is 5. The van der Waals surface area contributed by atoms with Crippen LogP contribution in [0.1, 0.15) is 39.5 Å². The van der Waals surface area contributed by atoms with Crippen molar-refractivity contribution in [2.45, 2.75) is 63.7 Å². The van der Waals surface area contributed by atoms with E-state index in [1.807, 2.05) is 0 Å². The Hall–Kier alpha value is -3.26. The lowest BCUT2D eigenvalue weighted by Crippen LogP contribution is -2.59. The van der Waals surface area contributed by atoms with E-state index in [0.29, 0.717) is 19.3 Å². The number of aliphatic hydroxyl groups excluding tert-OH is 1. The van der Waals surface area contributed by atoms with Gasteiger partial charge < -0.3 is 42.5 Å². The van der Waals surface area contributed by atoms with Gasteiger partial charge in [-0.25, -0.2) is 0 Å². The molecule has 1 rings (SSSR count). The maximum atomic E-state index is 13.0. The highest BCUT2D eigenvalue weighted by Gasteiger charge is 2.39. The molecule has 1 aliphatic rings. The van der Waals surface area contributed by atoms with Crippen molar-refractivity contribution in [2.75, 3.05) is 19.7 Å². The Bertz CT molecular complexity index is 791. The Morgan fingerprint density at radius 2 is 1.76 bits per heavy atom. The molecule has 14 heteroatoms. The molecule has 34 heavy (non-hydrogen) atoms. The van der Waals surface area contributed by atoms with E-state index >= 15 is 0 Å². The second kappa shape index (κ2) is 13.4. The van der Waals surface area contributed by atoms with Crippen LogP contribution in [0.4, 0.5) is 0 Å². The smallest absolute Gasteiger partial charge is 0.322 e. The van der Waals surface area contributed by atoms with Crippen LogP contribution >= 0.6 is 0 Å². The quantitative estimate of drug-likeness (QED) is 0.136. The van der Waals surface area contributed by atoms with E-state index in [1.165, 1.54) is 4.90 Å². The van der Waals surface area contributed by atoms with Gasteiger partial charge in [-0.3, -0.25) is 28.8 Å². The van der Waals surface area contributed by atoms with Crippen molar-refractivity contribution in [3.8, 4) is 0 Å². The van der Waals surface area contributed by atoms with E-state index < -0.39 is 72.8 Å². The highest BCUT2D eigenvalue weighted by molar-refractivity contribution is 5.96. The predicted octanol–water partition coefficient (Wildman–Crippen LogP) is -3.61. The fourth-order valence-electron chi connectivity index (χ4n) is 3.51. The SMILES string of the molecule is CC[C@H](C)[C@H](NC(=O)[C@@H]1CCCN1C(=O)[C@@H](N)CC(N)=O)C(=O)N[C@@H](CO)C(=O)NCC(=O)O. The number of amides is 5. The van der Waals surface area contributed by atoms with Crippen molar-refractivity contribution in [3.63, 3.8) is 0 Å². The van der Waals surface area contributed by atoms with Crippen LogP contribution in [0.3, 0.4) is 0 Å². The molecule has 1 heterocycles. The molecular weight excluding hydrogens is 452 g/mol. The third kappa shape index (κ3) is 8.26. The normalized spacial score (nSPS) is 18.8. The Kier molecular flexibility index (Phi) is 11.4. The number of likely N-dealkylation sites (tertiary alicyclic amines) is 1. The summed E-state index contributed by atoms with van der Waals surface area (Å²) in [5, 5.41) is 25.1. The van der Waals surface area contributed by atoms with E-state index in [-0.39, 0.29) is 18.9 Å². The molecule has 0 spiro atoms. The van der Waals surface area contributed by atoms with E-state index in [4.69, 9.17) is 16.6 Å². The number of nitrogens with two attached hydrogens (primary N) is 2. The maximum absolute atomic E-state index is 13.0. The summed E-state index contributed by atoms with van der Waals surface area (Å²) in [6.45, 7) is 2.25. The molecular formula is C20H34N6O8. The molecule has 5 atom stereocenters. The Balaban J connectivity index is 2.92. The first kappa shape index (κ1) is 28.8. The Morgan fingerprint density at radius 1 is 1.12 bits per heavy atom. The molecule has 0 aliphatic carbocycles. The van der Waals surface area contributed by atoms with Gasteiger partial charge in [-0.15, -0.1) is 0 Å². The predicted molar refractivity (Wildman–Crippen MR) is 118 cm³/mol. The van der Waals surface area contributed by atoms with Crippen LogP contribution in [0.2, 0.25) is 0 Å². The molecule has 0 aromatic heterocycles. The van der Waals surface area contributed by atoms with Crippen LogP contribution in [0.15, 0.2) is 0 Å². The van der Waals surface area contributed by atoms with E-state index in [0.717, 1.165) is 0 Å². The summed E-state index contributed by atoms with van der Waals surface area (Å²) in [5.74, 6) is -5.29. The van der Waals surface area contributed by atoms with Gasteiger partial charge in [0.25, 0.3) is 0 Å². The van der Waals surface area contributed by atoms with Crippen LogP contribution in [0, 0.1) is 5.92 Å². The zero-order valence-electron chi connectivity index (χ0n) is 19.3. The third-order valence-electron chi connectivity index (χ3n) is 5.60. The zero-order valence-corrected chi connectivity index (χ0v) is 19.3. The summed E-state index contributed by atoms with van der Waals surface area (Å²) in [5.41, 5.74) is 10.8. The number of aliphatic hydroxyl groups is 1. The van der Waals surface area contributed by atoms with Crippen LogP contribution < -0.4 is 27.4 Å². The minimum absolute atomic E-state index is 0.250. The minimum Gasteiger partial charge on any atom is -0.480 e. The lowest BCUT2D eigenvalue weighted by atomic mass is 9.97. The number of hydrogen-bond acceptors (Lipinski definition) is 8. The van der Waals surface area contributed by atoms with Gasteiger partial charge in [-0.1, -0.05) is 20.3 Å². The first-order valence-electron chi connectivity index (χ1n) is 11.0. The number of rotatable bonds is 13. The van der Waals surface area contributed by atoms with Gasteiger partial charge in [0.05, 0.1) is 19.1 Å². The van der Waals surface area contributed by atoms with Gasteiger partial charge in [-0.05, 0) is 18.8 Å². The number of hydrogen-bond donors (Lipinski definition) is 7. The molecule has 192 valence electrons. The zero-order chi connectivity index (χ0) is 26.0. The number of nitrogens with one attached hydrogen (secondary N) is 3. The van der Waals surface area contributed by atoms with Crippen LogP contribution in [-0.2, 0) is 28.8 Å². The second-order valence-corrected chi connectivity index (χ2v) is 8.19. The molecule has 14 nitrogen and oxygen atoms in total. The van der Waals surface area contributed by atoms with Gasteiger partial charge in [0, 0.05) is 6.54 Å². The average molecular weight is 487 g/mol. The largest absolute Gasteiger partial charge is 0.480 e. The lowest BCUT2D eigenvalue weighted by Gasteiger charge is -2.30. The molecule has 1 fully saturated rings. The highest BCUT2D eigenvalue weighted by atomic mass is 16.4. The van der Waals surface area contributed by atoms with Gasteiger partial charge in [0.2, 0.25) is 29.5 Å². The summed E-state index contributed by atoms with van der Waals surface area (Å²) in [6.07, 6.45) is 0.953. The average Bonchev–Trinajstić information content (AvgIpc) is 3.27. The first-order chi connectivity index (χ1) is 15.9. The van der Waals surface area contributed by atoms with Crippen molar-refractivity contribution < 1.29 is 39.0 Å². The monoisotopic (exact) mass is 486 g/mol. The summed E-state index contributed by atoms with van der Waals surface area (Å²) in [4.78, 5) is 73.4. The Labute approximate surface area is 196 Å². The highest BCUT2D eigenvalue weighted by Crippen LogP contribution is 2.20. The number of aliphatic carboxylic acids is 1. The summed E-state index contributed by atoms with van der Waals surface area (Å²) >= 11 is 0. The molecule has 0 bridgehead atoms. The van der Waals surface area contributed by atoms with E-state index in [9.17, 15) is 33.9 Å². The van der Waals surface area contributed by atoms with E-state index in [1.54, 1.807) is 13.8 Å². The maximum Gasteiger partial charge on any atom is 0.322 e. The molecule has 1 saturated heterocycles. The molecule has 9 N–H and O–H groups in total. The number of carbonyl (C=O) groups is 6. The van der Waals surface area contributed by atoms with Gasteiger partial charge in [-0.2, -0.15) is 0 Å². The molecule has 5 amide bonds. The fourth-order valence-corrected chi connectivity index (χ4v) is 3.51. The second-order valence-electron chi connectivity index (χ2n) is 8.19. The summed E-state index contributed by atoms with van der Waals surface area (Å²) in [6, 6.07) is -4.62. The molecule has 0 saturated carbocycles. The first-order valence-corrected chi connectivity index (χ1v) is 11.0. The number of carboxylic acids is 1. The van der Waals surface area contributed by atoms with E-state index in [2.05, 4.69) is 16.0 Å².